The Morgan fingerprint density at radius 3 is 2.69 bits per heavy atom. The molecule has 2 heterocycles. The van der Waals surface area contributed by atoms with Crippen molar-refractivity contribution in [3.05, 3.63) is 58.2 Å². The molecule has 1 aromatic rings. The summed E-state index contributed by atoms with van der Waals surface area (Å²) in [5.41, 5.74) is 1.19. The van der Waals surface area contributed by atoms with Gasteiger partial charge in [0, 0.05) is 25.7 Å². The monoisotopic (exact) mass is 479 g/mol. The Morgan fingerprint density at radius 1 is 1.22 bits per heavy atom. The Balaban J connectivity index is 1.58. The van der Waals surface area contributed by atoms with Gasteiger partial charge in [-0.2, -0.15) is 11.8 Å². The van der Waals surface area contributed by atoms with Crippen molar-refractivity contribution in [2.24, 2.45) is 0 Å². The minimum absolute atomic E-state index is 0.0582. The molecule has 1 unspecified atom stereocenters. The number of aliphatic hydroxyl groups is 1. The maximum Gasteiger partial charge on any atom is 0.294 e. The number of hydrogen-bond donors (Lipinski definition) is 1. The van der Waals surface area contributed by atoms with E-state index in [-0.39, 0.29) is 28.9 Å². The van der Waals surface area contributed by atoms with Crippen molar-refractivity contribution < 1.29 is 19.1 Å². The van der Waals surface area contributed by atoms with E-state index in [9.17, 15) is 19.1 Å². The van der Waals surface area contributed by atoms with Crippen molar-refractivity contribution in [3.63, 3.8) is 0 Å². The summed E-state index contributed by atoms with van der Waals surface area (Å²) >= 11 is 7.58. The Labute approximate surface area is 196 Å². The highest BCUT2D eigenvalue weighted by molar-refractivity contribution is 7.98. The quantitative estimate of drug-likeness (QED) is 0.670. The molecule has 1 atom stereocenters. The smallest absolute Gasteiger partial charge is 0.294 e. The van der Waals surface area contributed by atoms with Crippen LogP contribution in [0.3, 0.4) is 0 Å². The summed E-state index contributed by atoms with van der Waals surface area (Å²) in [7, 11) is 0. The third-order valence-electron chi connectivity index (χ3n) is 6.01. The Morgan fingerprint density at radius 2 is 2.00 bits per heavy atom. The Hall–Kier alpha value is -2.03. The lowest BCUT2D eigenvalue weighted by molar-refractivity contribution is -0.131. The number of carbonyl (C=O) groups is 2. The topological polar surface area (TPSA) is 64.1 Å². The van der Waals surface area contributed by atoms with Crippen molar-refractivity contribution in [3.8, 4) is 0 Å². The molecule has 6 nitrogen and oxygen atoms in total. The van der Waals surface area contributed by atoms with Gasteiger partial charge < -0.3 is 10.0 Å². The second kappa shape index (κ2) is 9.85. The normalized spacial score (nSPS) is 25.9. The van der Waals surface area contributed by atoms with Gasteiger partial charge in [0.1, 0.15) is 17.7 Å². The summed E-state index contributed by atoms with van der Waals surface area (Å²) in [5.74, 6) is -0.681. The lowest BCUT2D eigenvalue weighted by atomic mass is 10.1. The number of halogens is 2. The number of benzene rings is 1. The van der Waals surface area contributed by atoms with Gasteiger partial charge in [0.25, 0.3) is 11.8 Å². The van der Waals surface area contributed by atoms with Gasteiger partial charge >= 0.3 is 0 Å². The first-order valence-corrected chi connectivity index (χ1v) is 12.6. The maximum absolute atomic E-state index is 13.5. The zero-order valence-corrected chi connectivity index (χ0v) is 19.5. The van der Waals surface area contributed by atoms with E-state index < -0.39 is 11.7 Å². The third-order valence-corrected chi connectivity index (χ3v) is 6.94. The van der Waals surface area contributed by atoms with E-state index in [1.54, 1.807) is 23.9 Å². The van der Waals surface area contributed by atoms with Crippen LogP contribution in [0.4, 0.5) is 4.39 Å². The molecule has 0 bridgehead atoms. The predicted molar refractivity (Wildman–Crippen MR) is 124 cm³/mol. The molecule has 32 heavy (non-hydrogen) atoms. The van der Waals surface area contributed by atoms with Gasteiger partial charge in [0.15, 0.2) is 5.76 Å². The van der Waals surface area contributed by atoms with Crippen LogP contribution in [-0.4, -0.2) is 68.9 Å². The molecular formula is C23H27ClFN3O3S. The molecule has 2 aliphatic heterocycles. The fourth-order valence-corrected chi connectivity index (χ4v) is 4.93. The second-order valence-corrected chi connectivity index (χ2v) is 9.72. The molecule has 0 aromatic heterocycles. The molecule has 0 spiro atoms. The number of thioether (sulfide) groups is 1. The predicted octanol–water partition coefficient (Wildman–Crippen LogP) is 3.92. The first-order chi connectivity index (χ1) is 15.4. The van der Waals surface area contributed by atoms with Crippen molar-refractivity contribution in [1.29, 1.82) is 0 Å². The zero-order chi connectivity index (χ0) is 22.8. The highest BCUT2D eigenvalue weighted by Crippen LogP contribution is 2.39. The second-order valence-electron chi connectivity index (χ2n) is 8.33. The van der Waals surface area contributed by atoms with E-state index in [0.717, 1.165) is 24.2 Å². The van der Waals surface area contributed by atoms with Gasteiger partial charge in [-0.3, -0.25) is 19.4 Å². The molecule has 1 aromatic carbocycles. The van der Waals surface area contributed by atoms with Crippen molar-refractivity contribution >= 4 is 35.2 Å². The molecule has 4 rings (SSSR count). The molecule has 9 heteroatoms. The Bertz CT molecular complexity index is 966. The average molecular weight is 480 g/mol. The van der Waals surface area contributed by atoms with Crippen LogP contribution in [0.15, 0.2) is 41.8 Å². The van der Waals surface area contributed by atoms with Crippen molar-refractivity contribution in [2.75, 3.05) is 25.1 Å². The van der Waals surface area contributed by atoms with Crippen LogP contribution >= 0.6 is 23.4 Å². The molecule has 172 valence electrons. The van der Waals surface area contributed by atoms with Gasteiger partial charge in [-0.1, -0.05) is 23.7 Å². The van der Waals surface area contributed by atoms with Crippen LogP contribution < -0.4 is 0 Å². The van der Waals surface area contributed by atoms with E-state index in [2.05, 4.69) is 0 Å². The summed E-state index contributed by atoms with van der Waals surface area (Å²) in [6, 6.07) is 4.74. The van der Waals surface area contributed by atoms with Crippen LogP contribution in [0.2, 0.25) is 5.02 Å². The van der Waals surface area contributed by atoms with Gasteiger partial charge in [0.2, 0.25) is 0 Å². The zero-order valence-electron chi connectivity index (χ0n) is 18.0. The number of hydrogen-bond acceptors (Lipinski definition) is 5. The highest BCUT2D eigenvalue weighted by atomic mass is 35.5. The summed E-state index contributed by atoms with van der Waals surface area (Å²) in [5, 5.41) is 10.6. The number of carbonyl (C=O) groups excluding carboxylic acids is 2. The molecule has 1 saturated carbocycles. The van der Waals surface area contributed by atoms with Crippen LogP contribution in [0, 0.1) is 5.82 Å². The summed E-state index contributed by atoms with van der Waals surface area (Å²) < 4.78 is 13.5. The number of fused-ring (bicyclic) bond motifs is 1. The van der Waals surface area contributed by atoms with E-state index in [4.69, 9.17) is 11.6 Å². The first-order valence-electron chi connectivity index (χ1n) is 10.8. The van der Waals surface area contributed by atoms with Gasteiger partial charge in [-0.05, 0) is 61.5 Å². The van der Waals surface area contributed by atoms with E-state index in [0.29, 0.717) is 38.2 Å². The maximum atomic E-state index is 13.5. The van der Waals surface area contributed by atoms with Crippen LogP contribution in [0.1, 0.15) is 31.2 Å². The van der Waals surface area contributed by atoms with Crippen molar-refractivity contribution in [1.82, 2.24) is 14.7 Å². The first kappa shape index (κ1) is 23.1. The molecule has 3 aliphatic rings. The molecule has 1 saturated heterocycles. The van der Waals surface area contributed by atoms with Gasteiger partial charge in [-0.15, -0.1) is 0 Å². The SMILES string of the molecule is CSCCC1N2C(=O)/C(O)=C/CN(Cc3ccc(F)c(Cl)c3)CC/C=C/2C(=O)N1C1CC1. The molecule has 1 aliphatic carbocycles. The molecule has 2 fully saturated rings. The highest BCUT2D eigenvalue weighted by Gasteiger charge is 2.50. The number of nitrogens with zero attached hydrogens (tertiary/aromatic N) is 3. The lowest BCUT2D eigenvalue weighted by Crippen LogP contribution is -2.44. The van der Waals surface area contributed by atoms with E-state index >= 15 is 0 Å². The van der Waals surface area contributed by atoms with Crippen LogP contribution in [-0.2, 0) is 16.1 Å². The summed E-state index contributed by atoms with van der Waals surface area (Å²) in [6.07, 6.45) is 8.09. The fourth-order valence-electron chi connectivity index (χ4n) is 4.28. The standard InChI is InChI=1S/C23H27ClFN3O3S/c1-32-12-9-21-27(16-5-6-16)22(30)19-3-2-10-26(11-8-20(29)23(31)28(19)21)14-15-4-7-18(25)17(24)13-15/h3-4,7-8,13,16,21,29H,2,5-6,9-12,14H2,1H3/b19-3+,20-8-. The number of aliphatic hydroxyl groups excluding tert-OH is 1. The average Bonchev–Trinajstić information content (AvgIpc) is 3.56. The summed E-state index contributed by atoms with van der Waals surface area (Å²) in [4.78, 5) is 31.8. The molecule has 2 amide bonds. The number of amides is 2. The van der Waals surface area contributed by atoms with Crippen LogP contribution in [0.5, 0.6) is 0 Å². The number of rotatable bonds is 6. The summed E-state index contributed by atoms with van der Waals surface area (Å²) in [6.45, 7) is 1.43. The Kier molecular flexibility index (Phi) is 7.12. The molecule has 1 N–H and O–H groups in total. The van der Waals surface area contributed by atoms with Gasteiger partial charge in [-0.25, -0.2) is 4.39 Å². The third kappa shape index (κ3) is 4.82. The fraction of sp³-hybridized carbons (Fsp3) is 0.478. The van der Waals surface area contributed by atoms with E-state index in [1.807, 2.05) is 22.1 Å². The van der Waals surface area contributed by atoms with E-state index in [1.165, 1.54) is 17.0 Å². The van der Waals surface area contributed by atoms with Crippen molar-refractivity contribution in [2.45, 2.75) is 44.4 Å². The van der Waals surface area contributed by atoms with Crippen LogP contribution in [0.25, 0.3) is 0 Å². The lowest BCUT2D eigenvalue weighted by Gasteiger charge is -2.30. The minimum Gasteiger partial charge on any atom is -0.503 e. The largest absolute Gasteiger partial charge is 0.503 e. The minimum atomic E-state index is -0.537. The molecular weight excluding hydrogens is 453 g/mol. The molecule has 0 radical (unpaired) electrons. The van der Waals surface area contributed by atoms with Gasteiger partial charge in [0.05, 0.1) is 5.02 Å².